The summed E-state index contributed by atoms with van der Waals surface area (Å²) in [4.78, 5) is 12.0. The molecule has 2 rings (SSSR count). The van der Waals surface area contributed by atoms with Crippen molar-refractivity contribution in [2.24, 2.45) is 17.8 Å². The lowest BCUT2D eigenvalue weighted by Gasteiger charge is -2.27. The molecule has 0 radical (unpaired) electrons. The summed E-state index contributed by atoms with van der Waals surface area (Å²) in [6.07, 6.45) is 8.41. The minimum atomic E-state index is 0.300. The van der Waals surface area contributed by atoms with Crippen LogP contribution in [0.15, 0.2) is 0 Å². The molecule has 3 nitrogen and oxygen atoms in total. The topological polar surface area (TPSA) is 41.1 Å². The van der Waals surface area contributed by atoms with Crippen molar-refractivity contribution >= 4 is 5.91 Å². The van der Waals surface area contributed by atoms with E-state index in [2.05, 4.69) is 17.6 Å². The summed E-state index contributed by atoms with van der Waals surface area (Å²) in [5.41, 5.74) is 0. The van der Waals surface area contributed by atoms with E-state index in [4.69, 9.17) is 0 Å². The van der Waals surface area contributed by atoms with Crippen LogP contribution in [0.25, 0.3) is 0 Å². The van der Waals surface area contributed by atoms with Crippen molar-refractivity contribution in [1.29, 1.82) is 0 Å². The summed E-state index contributed by atoms with van der Waals surface area (Å²) < 4.78 is 0. The van der Waals surface area contributed by atoms with Crippen LogP contribution in [-0.4, -0.2) is 25.5 Å². The Balaban J connectivity index is 1.59. The van der Waals surface area contributed by atoms with Crippen LogP contribution in [0.1, 0.15) is 51.9 Å². The zero-order valence-electron chi connectivity index (χ0n) is 11.7. The van der Waals surface area contributed by atoms with E-state index in [0.29, 0.717) is 11.8 Å². The highest BCUT2D eigenvalue weighted by atomic mass is 16.1. The molecular formula is C15H28N2O. The first-order valence-electron chi connectivity index (χ1n) is 7.78. The highest BCUT2D eigenvalue weighted by Gasteiger charge is 2.25. The van der Waals surface area contributed by atoms with Gasteiger partial charge in [0.15, 0.2) is 0 Å². The predicted octanol–water partition coefficient (Wildman–Crippen LogP) is 2.32. The number of carbonyl (C=O) groups is 1. The van der Waals surface area contributed by atoms with Gasteiger partial charge in [0.05, 0.1) is 0 Å². The van der Waals surface area contributed by atoms with Crippen molar-refractivity contribution in [2.75, 3.05) is 19.6 Å². The highest BCUT2D eigenvalue weighted by molar-refractivity contribution is 5.78. The summed E-state index contributed by atoms with van der Waals surface area (Å²) >= 11 is 0. The smallest absolute Gasteiger partial charge is 0.223 e. The Bertz CT molecular complexity index is 253. The Morgan fingerprint density at radius 1 is 1.17 bits per heavy atom. The molecule has 1 heterocycles. The summed E-state index contributed by atoms with van der Waals surface area (Å²) in [6, 6.07) is 0. The molecule has 2 N–H and O–H groups in total. The zero-order valence-corrected chi connectivity index (χ0v) is 11.7. The maximum atomic E-state index is 12.0. The van der Waals surface area contributed by atoms with Crippen LogP contribution >= 0.6 is 0 Å². The van der Waals surface area contributed by atoms with Crippen LogP contribution in [0.2, 0.25) is 0 Å². The van der Waals surface area contributed by atoms with Gasteiger partial charge in [0.2, 0.25) is 5.91 Å². The van der Waals surface area contributed by atoms with Gasteiger partial charge in [-0.15, -0.1) is 0 Å². The molecule has 104 valence electrons. The third-order valence-electron chi connectivity index (χ3n) is 4.81. The Hall–Kier alpha value is -0.570. The van der Waals surface area contributed by atoms with Crippen LogP contribution < -0.4 is 10.6 Å². The van der Waals surface area contributed by atoms with Gasteiger partial charge in [-0.25, -0.2) is 0 Å². The number of carbonyl (C=O) groups excluding carboxylic acids is 1. The molecule has 1 saturated carbocycles. The van der Waals surface area contributed by atoms with Crippen molar-refractivity contribution in [1.82, 2.24) is 10.6 Å². The average molecular weight is 252 g/mol. The molecule has 1 amide bonds. The second-order valence-electron chi connectivity index (χ2n) is 6.06. The Labute approximate surface area is 111 Å². The standard InChI is InChI=1S/C15H28N2O/c1-2-12-3-5-14(6-4-12)15(18)17-10-8-13-7-9-16-11-13/h12-14,16H,2-11H2,1H3,(H,17,18). The van der Waals surface area contributed by atoms with Crippen molar-refractivity contribution in [3.63, 3.8) is 0 Å². The fraction of sp³-hybridized carbons (Fsp3) is 0.933. The monoisotopic (exact) mass is 252 g/mol. The van der Waals surface area contributed by atoms with Crippen molar-refractivity contribution in [3.05, 3.63) is 0 Å². The highest BCUT2D eigenvalue weighted by Crippen LogP contribution is 2.30. The van der Waals surface area contributed by atoms with Gasteiger partial charge in [-0.2, -0.15) is 0 Å². The molecule has 1 aliphatic heterocycles. The second-order valence-corrected chi connectivity index (χ2v) is 6.06. The van der Waals surface area contributed by atoms with Crippen molar-refractivity contribution in [2.45, 2.75) is 51.9 Å². The van der Waals surface area contributed by atoms with E-state index in [1.165, 1.54) is 25.7 Å². The van der Waals surface area contributed by atoms with Crippen LogP contribution in [0, 0.1) is 17.8 Å². The van der Waals surface area contributed by atoms with Crippen LogP contribution in [-0.2, 0) is 4.79 Å². The molecule has 3 heteroatoms. The third kappa shape index (κ3) is 3.98. The van der Waals surface area contributed by atoms with Gasteiger partial charge in [0, 0.05) is 12.5 Å². The molecule has 18 heavy (non-hydrogen) atoms. The summed E-state index contributed by atoms with van der Waals surface area (Å²) in [7, 11) is 0. The second kappa shape index (κ2) is 7.13. The largest absolute Gasteiger partial charge is 0.356 e. The van der Waals surface area contributed by atoms with E-state index in [1.807, 2.05) is 0 Å². The first-order valence-corrected chi connectivity index (χ1v) is 7.78. The Morgan fingerprint density at radius 2 is 1.94 bits per heavy atom. The lowest BCUT2D eigenvalue weighted by molar-refractivity contribution is -0.126. The number of nitrogens with one attached hydrogen (secondary N) is 2. The molecule has 2 aliphatic rings. The lowest BCUT2D eigenvalue weighted by Crippen LogP contribution is -2.34. The molecule has 0 aromatic rings. The van der Waals surface area contributed by atoms with Crippen LogP contribution in [0.5, 0.6) is 0 Å². The van der Waals surface area contributed by atoms with Gasteiger partial charge in [0.25, 0.3) is 0 Å². The maximum Gasteiger partial charge on any atom is 0.223 e. The maximum absolute atomic E-state index is 12.0. The average Bonchev–Trinajstić information content (AvgIpc) is 2.92. The summed E-state index contributed by atoms with van der Waals surface area (Å²) in [6.45, 7) is 5.43. The molecule has 1 saturated heterocycles. The van der Waals surface area contributed by atoms with E-state index in [0.717, 1.165) is 50.7 Å². The molecule has 1 aliphatic carbocycles. The number of rotatable bonds is 5. The molecular weight excluding hydrogens is 224 g/mol. The molecule has 1 unspecified atom stereocenters. The van der Waals surface area contributed by atoms with E-state index >= 15 is 0 Å². The summed E-state index contributed by atoms with van der Waals surface area (Å²) in [5.74, 6) is 2.27. The Kier molecular flexibility index (Phi) is 5.48. The van der Waals surface area contributed by atoms with Gasteiger partial charge in [-0.1, -0.05) is 13.3 Å². The van der Waals surface area contributed by atoms with Crippen molar-refractivity contribution < 1.29 is 4.79 Å². The first kappa shape index (κ1) is 13.9. The zero-order chi connectivity index (χ0) is 12.8. The quantitative estimate of drug-likeness (QED) is 0.788. The minimum absolute atomic E-state index is 0.300. The molecule has 0 spiro atoms. The van der Waals surface area contributed by atoms with Gasteiger partial charge >= 0.3 is 0 Å². The van der Waals surface area contributed by atoms with Gasteiger partial charge in [0.1, 0.15) is 0 Å². The van der Waals surface area contributed by atoms with E-state index < -0.39 is 0 Å². The van der Waals surface area contributed by atoms with Crippen LogP contribution in [0.3, 0.4) is 0 Å². The van der Waals surface area contributed by atoms with E-state index in [-0.39, 0.29) is 0 Å². The first-order chi connectivity index (χ1) is 8.79. The molecule has 1 atom stereocenters. The number of hydrogen-bond donors (Lipinski definition) is 2. The van der Waals surface area contributed by atoms with Crippen molar-refractivity contribution in [3.8, 4) is 0 Å². The third-order valence-corrected chi connectivity index (χ3v) is 4.81. The van der Waals surface area contributed by atoms with E-state index in [9.17, 15) is 4.79 Å². The molecule has 2 fully saturated rings. The molecule has 0 aromatic heterocycles. The van der Waals surface area contributed by atoms with Crippen LogP contribution in [0.4, 0.5) is 0 Å². The van der Waals surface area contributed by atoms with E-state index in [1.54, 1.807) is 0 Å². The molecule has 0 aromatic carbocycles. The SMILES string of the molecule is CCC1CCC(C(=O)NCCC2CCNC2)CC1. The number of hydrogen-bond acceptors (Lipinski definition) is 2. The lowest BCUT2D eigenvalue weighted by atomic mass is 9.80. The minimum Gasteiger partial charge on any atom is -0.356 e. The Morgan fingerprint density at radius 3 is 2.56 bits per heavy atom. The fourth-order valence-electron chi connectivity index (χ4n) is 3.34. The predicted molar refractivity (Wildman–Crippen MR) is 74.3 cm³/mol. The van der Waals surface area contributed by atoms with Gasteiger partial charge in [-0.05, 0) is 63.5 Å². The van der Waals surface area contributed by atoms with Gasteiger partial charge < -0.3 is 10.6 Å². The normalized spacial score (nSPS) is 32.4. The molecule has 0 bridgehead atoms. The number of amides is 1. The van der Waals surface area contributed by atoms with Gasteiger partial charge in [-0.3, -0.25) is 4.79 Å². The fourth-order valence-corrected chi connectivity index (χ4v) is 3.34. The summed E-state index contributed by atoms with van der Waals surface area (Å²) in [5, 5.41) is 6.52.